The van der Waals surface area contributed by atoms with Crippen molar-refractivity contribution >= 4 is 0 Å². The van der Waals surface area contributed by atoms with Gasteiger partial charge in [0.2, 0.25) is 0 Å². The van der Waals surface area contributed by atoms with Crippen molar-refractivity contribution in [2.45, 2.75) is 64.1 Å². The van der Waals surface area contributed by atoms with Gasteiger partial charge in [0.1, 0.15) is 12.2 Å². The zero-order valence-electron chi connectivity index (χ0n) is 13.7. The molecule has 1 saturated heterocycles. The van der Waals surface area contributed by atoms with Gasteiger partial charge in [-0.2, -0.15) is 5.10 Å². The van der Waals surface area contributed by atoms with Crippen LogP contribution in [0.15, 0.2) is 6.33 Å². The Labute approximate surface area is 128 Å². The summed E-state index contributed by atoms with van der Waals surface area (Å²) in [7, 11) is 1.98. The summed E-state index contributed by atoms with van der Waals surface area (Å²) in [5, 5.41) is 8.02. The van der Waals surface area contributed by atoms with Crippen molar-refractivity contribution in [1.82, 2.24) is 25.0 Å². The van der Waals surface area contributed by atoms with Crippen LogP contribution in [0.1, 0.15) is 51.8 Å². The Balaban J connectivity index is 1.68. The van der Waals surface area contributed by atoms with Gasteiger partial charge in [-0.15, -0.1) is 0 Å². The van der Waals surface area contributed by atoms with Crippen LogP contribution in [0.2, 0.25) is 0 Å². The van der Waals surface area contributed by atoms with Crippen LogP contribution in [0, 0.1) is 5.92 Å². The van der Waals surface area contributed by atoms with Gasteiger partial charge >= 0.3 is 0 Å². The lowest BCUT2D eigenvalue weighted by Crippen LogP contribution is -2.63. The van der Waals surface area contributed by atoms with Crippen LogP contribution in [0.3, 0.4) is 0 Å². The van der Waals surface area contributed by atoms with E-state index in [0.717, 1.165) is 31.4 Å². The number of hydrogen-bond donors (Lipinski definition) is 1. The maximum atomic E-state index is 4.40. The molecule has 5 nitrogen and oxygen atoms in total. The van der Waals surface area contributed by atoms with E-state index < -0.39 is 0 Å². The molecule has 2 aliphatic rings. The van der Waals surface area contributed by atoms with Crippen LogP contribution in [0.25, 0.3) is 0 Å². The van der Waals surface area contributed by atoms with Crippen molar-refractivity contribution in [2.75, 3.05) is 13.1 Å². The molecule has 1 aromatic heterocycles. The number of aromatic nitrogens is 3. The molecule has 1 atom stereocenters. The van der Waals surface area contributed by atoms with Gasteiger partial charge in [0.15, 0.2) is 0 Å². The highest BCUT2D eigenvalue weighted by Gasteiger charge is 2.37. The van der Waals surface area contributed by atoms with Crippen LogP contribution in [0.5, 0.6) is 0 Å². The Morgan fingerprint density at radius 3 is 2.71 bits per heavy atom. The van der Waals surface area contributed by atoms with E-state index in [1.165, 1.54) is 32.1 Å². The van der Waals surface area contributed by atoms with Crippen molar-refractivity contribution < 1.29 is 0 Å². The predicted molar refractivity (Wildman–Crippen MR) is 83.9 cm³/mol. The van der Waals surface area contributed by atoms with E-state index in [1.807, 2.05) is 11.7 Å². The summed E-state index contributed by atoms with van der Waals surface area (Å²) >= 11 is 0. The molecule has 0 spiro atoms. The van der Waals surface area contributed by atoms with Gasteiger partial charge in [0, 0.05) is 31.7 Å². The maximum absolute atomic E-state index is 4.40. The highest BCUT2D eigenvalue weighted by molar-refractivity contribution is 4.98. The molecule has 3 rings (SSSR count). The lowest BCUT2D eigenvalue weighted by atomic mass is 9.81. The molecule has 0 bridgehead atoms. The van der Waals surface area contributed by atoms with Gasteiger partial charge in [0.25, 0.3) is 0 Å². The third-order valence-corrected chi connectivity index (χ3v) is 5.43. The van der Waals surface area contributed by atoms with Crippen LogP contribution >= 0.6 is 0 Å². The number of rotatable bonds is 3. The second-order valence-corrected chi connectivity index (χ2v) is 7.38. The van der Waals surface area contributed by atoms with Gasteiger partial charge in [-0.05, 0) is 32.6 Å². The quantitative estimate of drug-likeness (QED) is 0.924. The minimum absolute atomic E-state index is 0.178. The van der Waals surface area contributed by atoms with E-state index in [-0.39, 0.29) is 5.54 Å². The standard InChI is InChI=1S/C16H29N5/c1-16(2)11-17-14(13-7-5-4-6-8-13)9-21(16)10-15-18-12-19-20(15)3/h12-14,17H,4-11H2,1-3H3. The van der Waals surface area contributed by atoms with E-state index in [2.05, 4.69) is 34.1 Å². The molecule has 1 saturated carbocycles. The lowest BCUT2D eigenvalue weighted by molar-refractivity contribution is 0.0346. The monoisotopic (exact) mass is 291 g/mol. The van der Waals surface area contributed by atoms with Gasteiger partial charge in [-0.1, -0.05) is 19.3 Å². The number of nitrogens with one attached hydrogen (secondary N) is 1. The predicted octanol–water partition coefficient (Wildman–Crippen LogP) is 1.95. The number of nitrogens with zero attached hydrogens (tertiary/aromatic N) is 4. The Bertz CT molecular complexity index is 461. The largest absolute Gasteiger partial charge is 0.311 e. The lowest BCUT2D eigenvalue weighted by Gasteiger charge is -2.48. The Morgan fingerprint density at radius 2 is 2.05 bits per heavy atom. The summed E-state index contributed by atoms with van der Waals surface area (Å²) in [6.45, 7) is 7.74. The van der Waals surface area contributed by atoms with Crippen LogP contribution in [0.4, 0.5) is 0 Å². The summed E-state index contributed by atoms with van der Waals surface area (Å²) in [5.74, 6) is 1.92. The van der Waals surface area contributed by atoms with E-state index in [9.17, 15) is 0 Å². The van der Waals surface area contributed by atoms with E-state index in [0.29, 0.717) is 6.04 Å². The van der Waals surface area contributed by atoms with E-state index in [1.54, 1.807) is 6.33 Å². The molecular formula is C16H29N5. The smallest absolute Gasteiger partial charge is 0.140 e. The zero-order chi connectivity index (χ0) is 14.9. The number of piperazine rings is 1. The average Bonchev–Trinajstić information content (AvgIpc) is 2.87. The first kappa shape index (κ1) is 15.0. The zero-order valence-corrected chi connectivity index (χ0v) is 13.7. The summed E-state index contributed by atoms with van der Waals surface area (Å²) in [6.07, 6.45) is 8.71. The SMILES string of the molecule is Cn1ncnc1CN1CC(C2CCCCC2)NCC1(C)C. The molecular weight excluding hydrogens is 262 g/mol. The van der Waals surface area contributed by atoms with Gasteiger partial charge in [0.05, 0.1) is 6.54 Å². The minimum atomic E-state index is 0.178. The molecule has 5 heteroatoms. The maximum Gasteiger partial charge on any atom is 0.140 e. The van der Waals surface area contributed by atoms with Crippen LogP contribution in [-0.2, 0) is 13.6 Å². The average molecular weight is 291 g/mol. The fourth-order valence-electron chi connectivity index (χ4n) is 3.81. The molecule has 118 valence electrons. The molecule has 2 heterocycles. The topological polar surface area (TPSA) is 46.0 Å². The molecule has 2 fully saturated rings. The molecule has 1 aliphatic carbocycles. The highest BCUT2D eigenvalue weighted by atomic mass is 15.4. The highest BCUT2D eigenvalue weighted by Crippen LogP contribution is 2.30. The molecule has 1 unspecified atom stereocenters. The van der Waals surface area contributed by atoms with Crippen molar-refractivity contribution in [3.05, 3.63) is 12.2 Å². The number of aryl methyl sites for hydroxylation is 1. The molecule has 1 aliphatic heterocycles. The molecule has 1 aromatic rings. The third-order valence-electron chi connectivity index (χ3n) is 5.43. The summed E-state index contributed by atoms with van der Waals surface area (Å²) in [4.78, 5) is 6.99. The van der Waals surface area contributed by atoms with Crippen molar-refractivity contribution in [3.8, 4) is 0 Å². The van der Waals surface area contributed by atoms with Crippen molar-refractivity contribution in [3.63, 3.8) is 0 Å². The minimum Gasteiger partial charge on any atom is -0.311 e. The Morgan fingerprint density at radius 1 is 1.29 bits per heavy atom. The molecule has 0 amide bonds. The number of hydrogen-bond acceptors (Lipinski definition) is 4. The second-order valence-electron chi connectivity index (χ2n) is 7.38. The first-order chi connectivity index (χ1) is 10.1. The van der Waals surface area contributed by atoms with Crippen molar-refractivity contribution in [2.24, 2.45) is 13.0 Å². The summed E-state index contributed by atoms with van der Waals surface area (Å²) in [6, 6.07) is 0.645. The molecule has 0 radical (unpaired) electrons. The van der Waals surface area contributed by atoms with E-state index >= 15 is 0 Å². The van der Waals surface area contributed by atoms with Gasteiger partial charge in [-0.3, -0.25) is 9.58 Å². The Hall–Kier alpha value is -0.940. The fraction of sp³-hybridized carbons (Fsp3) is 0.875. The van der Waals surface area contributed by atoms with Crippen LogP contribution in [-0.4, -0.2) is 44.3 Å². The van der Waals surface area contributed by atoms with Gasteiger partial charge < -0.3 is 5.32 Å². The fourth-order valence-corrected chi connectivity index (χ4v) is 3.81. The third kappa shape index (κ3) is 3.29. The summed E-state index contributed by atoms with van der Waals surface area (Å²) < 4.78 is 1.90. The molecule has 21 heavy (non-hydrogen) atoms. The van der Waals surface area contributed by atoms with Crippen molar-refractivity contribution in [1.29, 1.82) is 0 Å². The molecule has 1 N–H and O–H groups in total. The Kier molecular flexibility index (Phi) is 4.31. The first-order valence-electron chi connectivity index (χ1n) is 8.37. The van der Waals surface area contributed by atoms with E-state index in [4.69, 9.17) is 0 Å². The van der Waals surface area contributed by atoms with Gasteiger partial charge in [-0.25, -0.2) is 4.98 Å². The first-order valence-corrected chi connectivity index (χ1v) is 8.37. The normalized spacial score (nSPS) is 27.9. The van der Waals surface area contributed by atoms with Crippen LogP contribution < -0.4 is 5.32 Å². The summed E-state index contributed by atoms with van der Waals surface area (Å²) in [5.41, 5.74) is 0.178. The second kappa shape index (κ2) is 6.05. The molecule has 0 aromatic carbocycles.